The van der Waals surface area contributed by atoms with Gasteiger partial charge >= 0.3 is 0 Å². The third kappa shape index (κ3) is 1.28. The summed E-state index contributed by atoms with van der Waals surface area (Å²) in [6.07, 6.45) is 3.69. The van der Waals surface area contributed by atoms with Gasteiger partial charge in [0.15, 0.2) is 5.65 Å². The van der Waals surface area contributed by atoms with Crippen LogP contribution in [-0.2, 0) is 11.3 Å². The van der Waals surface area contributed by atoms with E-state index in [0.29, 0.717) is 17.5 Å². The van der Waals surface area contributed by atoms with Gasteiger partial charge < -0.3 is 4.79 Å². The first-order chi connectivity index (χ1) is 6.83. The third-order valence-corrected chi connectivity index (χ3v) is 1.87. The molecular weight excluding hydrogens is 182 g/mol. The number of hydrogen-bond acceptors (Lipinski definition) is 4. The molecule has 0 radical (unpaired) electrons. The van der Waals surface area contributed by atoms with E-state index in [1.807, 2.05) is 0 Å². The number of fused-ring (bicyclic) bond motifs is 1. The molecule has 0 N–H and O–H groups in total. The number of nitrogens with zero attached hydrogens (tertiary/aromatic N) is 3. The van der Waals surface area contributed by atoms with Crippen molar-refractivity contribution in [2.24, 2.45) is 0 Å². The average Bonchev–Trinajstić information content (AvgIpc) is 2.23. The quantitative estimate of drug-likeness (QED) is 0.623. The van der Waals surface area contributed by atoms with Gasteiger partial charge in [-0.25, -0.2) is 4.98 Å². The lowest BCUT2D eigenvalue weighted by molar-refractivity contribution is -0.108. The van der Waals surface area contributed by atoms with E-state index >= 15 is 0 Å². The number of aldehydes is 1. The van der Waals surface area contributed by atoms with Gasteiger partial charge in [-0.1, -0.05) is 0 Å². The van der Waals surface area contributed by atoms with Crippen LogP contribution in [0.3, 0.4) is 0 Å². The summed E-state index contributed by atoms with van der Waals surface area (Å²) in [5, 5.41) is 0. The molecule has 14 heavy (non-hydrogen) atoms. The van der Waals surface area contributed by atoms with E-state index in [9.17, 15) is 9.59 Å². The smallest absolute Gasteiger partial charge is 0.252 e. The maximum Gasteiger partial charge on any atom is 0.252 e. The van der Waals surface area contributed by atoms with Gasteiger partial charge in [-0.15, -0.1) is 0 Å². The van der Waals surface area contributed by atoms with Gasteiger partial charge in [-0.2, -0.15) is 0 Å². The van der Waals surface area contributed by atoms with Crippen LogP contribution in [0.2, 0.25) is 0 Å². The van der Waals surface area contributed by atoms with E-state index < -0.39 is 0 Å². The highest BCUT2D eigenvalue weighted by molar-refractivity contribution is 5.70. The Kier molecular flexibility index (Phi) is 2.06. The SMILES string of the molecule is O=CCn1c(=O)ccc2nccnc21. The van der Waals surface area contributed by atoms with Crippen LogP contribution < -0.4 is 5.56 Å². The van der Waals surface area contributed by atoms with Crippen LogP contribution >= 0.6 is 0 Å². The number of aromatic nitrogens is 3. The molecule has 2 rings (SSSR count). The van der Waals surface area contributed by atoms with Crippen molar-refractivity contribution < 1.29 is 4.79 Å². The second-order valence-corrected chi connectivity index (χ2v) is 2.71. The summed E-state index contributed by atoms with van der Waals surface area (Å²) in [6, 6.07) is 2.96. The first kappa shape index (κ1) is 8.55. The molecule has 0 spiro atoms. The van der Waals surface area contributed by atoms with Crippen molar-refractivity contribution in [1.82, 2.24) is 14.5 Å². The van der Waals surface area contributed by atoms with E-state index in [4.69, 9.17) is 0 Å². The minimum Gasteiger partial charge on any atom is -0.301 e. The Hall–Kier alpha value is -2.04. The predicted octanol–water partition coefficient (Wildman–Crippen LogP) is -0.00960. The molecule has 0 aliphatic heterocycles. The van der Waals surface area contributed by atoms with Gasteiger partial charge in [0, 0.05) is 18.5 Å². The van der Waals surface area contributed by atoms with Crippen LogP contribution in [0.15, 0.2) is 29.3 Å². The number of pyridine rings is 1. The van der Waals surface area contributed by atoms with Crippen LogP contribution in [0.5, 0.6) is 0 Å². The molecule has 2 aromatic heterocycles. The highest BCUT2D eigenvalue weighted by atomic mass is 16.1. The summed E-state index contributed by atoms with van der Waals surface area (Å²) in [5.41, 5.74) is 0.797. The second-order valence-electron chi connectivity index (χ2n) is 2.71. The first-order valence-electron chi connectivity index (χ1n) is 4.07. The van der Waals surface area contributed by atoms with E-state index in [-0.39, 0.29) is 12.1 Å². The molecule has 0 aromatic carbocycles. The fraction of sp³-hybridized carbons (Fsp3) is 0.111. The zero-order chi connectivity index (χ0) is 9.97. The third-order valence-electron chi connectivity index (χ3n) is 1.87. The highest BCUT2D eigenvalue weighted by Crippen LogP contribution is 2.03. The molecule has 5 nitrogen and oxygen atoms in total. The van der Waals surface area contributed by atoms with Crippen molar-refractivity contribution in [3.8, 4) is 0 Å². The van der Waals surface area contributed by atoms with Gasteiger partial charge in [0.05, 0.1) is 6.54 Å². The Morgan fingerprint density at radius 3 is 2.86 bits per heavy atom. The van der Waals surface area contributed by atoms with Gasteiger partial charge in [0.25, 0.3) is 5.56 Å². The van der Waals surface area contributed by atoms with E-state index in [2.05, 4.69) is 9.97 Å². The van der Waals surface area contributed by atoms with Gasteiger partial charge in [0.2, 0.25) is 0 Å². The predicted molar refractivity (Wildman–Crippen MR) is 49.9 cm³/mol. The molecule has 0 unspecified atom stereocenters. The molecule has 0 aliphatic carbocycles. The van der Waals surface area contributed by atoms with Gasteiger partial charge in [-0.05, 0) is 6.07 Å². The fourth-order valence-electron chi connectivity index (χ4n) is 1.26. The van der Waals surface area contributed by atoms with Crippen molar-refractivity contribution >= 4 is 17.5 Å². The van der Waals surface area contributed by atoms with Gasteiger partial charge in [-0.3, -0.25) is 14.3 Å². The van der Waals surface area contributed by atoms with E-state index in [1.54, 1.807) is 6.07 Å². The highest BCUT2D eigenvalue weighted by Gasteiger charge is 2.02. The van der Waals surface area contributed by atoms with Crippen LogP contribution in [0, 0.1) is 0 Å². The zero-order valence-electron chi connectivity index (χ0n) is 7.25. The number of carbonyl (C=O) groups excluding carboxylic acids is 1. The zero-order valence-corrected chi connectivity index (χ0v) is 7.25. The van der Waals surface area contributed by atoms with E-state index in [0.717, 1.165) is 0 Å². The Labute approximate surface area is 79.0 Å². The maximum atomic E-state index is 11.4. The van der Waals surface area contributed by atoms with Crippen molar-refractivity contribution in [2.45, 2.75) is 6.54 Å². The number of rotatable bonds is 2. The lowest BCUT2D eigenvalue weighted by Crippen LogP contribution is -2.20. The maximum absolute atomic E-state index is 11.4. The minimum atomic E-state index is -0.245. The lowest BCUT2D eigenvalue weighted by Gasteiger charge is -2.03. The molecule has 0 bridgehead atoms. The molecule has 0 saturated carbocycles. The second kappa shape index (κ2) is 3.37. The summed E-state index contributed by atoms with van der Waals surface area (Å²) in [6.45, 7) is 0.00880. The van der Waals surface area contributed by atoms with Crippen LogP contribution in [0.25, 0.3) is 11.2 Å². The standard InChI is InChI=1S/C9H7N3O2/c13-6-5-12-8(14)2-1-7-9(12)11-4-3-10-7/h1-4,6H,5H2. The molecule has 2 heterocycles. The summed E-state index contributed by atoms with van der Waals surface area (Å²) < 4.78 is 1.29. The normalized spacial score (nSPS) is 10.3. The molecule has 2 aromatic rings. The number of carbonyl (C=O) groups is 1. The molecule has 0 aliphatic rings. The lowest BCUT2D eigenvalue weighted by atomic mass is 10.4. The summed E-state index contributed by atoms with van der Waals surface area (Å²) in [5.74, 6) is 0. The Balaban J connectivity index is 2.82. The Bertz CT molecular complexity index is 533. The Morgan fingerprint density at radius 2 is 2.07 bits per heavy atom. The van der Waals surface area contributed by atoms with E-state index in [1.165, 1.54) is 23.0 Å². The van der Waals surface area contributed by atoms with Crippen molar-refractivity contribution in [3.63, 3.8) is 0 Å². The largest absolute Gasteiger partial charge is 0.301 e. The molecule has 0 fully saturated rings. The Morgan fingerprint density at radius 1 is 1.29 bits per heavy atom. The molecule has 0 atom stereocenters. The van der Waals surface area contributed by atoms with Crippen LogP contribution in [0.1, 0.15) is 0 Å². The molecule has 70 valence electrons. The van der Waals surface area contributed by atoms with Crippen molar-refractivity contribution in [2.75, 3.05) is 0 Å². The topological polar surface area (TPSA) is 64.8 Å². The average molecular weight is 189 g/mol. The molecule has 0 amide bonds. The van der Waals surface area contributed by atoms with Crippen LogP contribution in [-0.4, -0.2) is 20.8 Å². The summed E-state index contributed by atoms with van der Waals surface area (Å²) in [7, 11) is 0. The monoisotopic (exact) mass is 189 g/mol. The minimum absolute atomic E-state index is 0.00880. The molecule has 0 saturated heterocycles. The molecule has 5 heteroatoms. The van der Waals surface area contributed by atoms with Gasteiger partial charge in [0.1, 0.15) is 11.8 Å². The molecular formula is C9H7N3O2. The van der Waals surface area contributed by atoms with Crippen molar-refractivity contribution in [1.29, 1.82) is 0 Å². The fourth-order valence-corrected chi connectivity index (χ4v) is 1.26. The summed E-state index contributed by atoms with van der Waals surface area (Å²) in [4.78, 5) is 29.8. The van der Waals surface area contributed by atoms with Crippen LogP contribution in [0.4, 0.5) is 0 Å². The number of hydrogen-bond donors (Lipinski definition) is 0. The summed E-state index contributed by atoms with van der Waals surface area (Å²) >= 11 is 0. The van der Waals surface area contributed by atoms with Crippen molar-refractivity contribution in [3.05, 3.63) is 34.9 Å². The first-order valence-corrected chi connectivity index (χ1v) is 4.07.